The fourth-order valence-electron chi connectivity index (χ4n) is 1.94. The van der Waals surface area contributed by atoms with Gasteiger partial charge in [0.15, 0.2) is 11.5 Å². The molecule has 7 heteroatoms. The number of benzene rings is 1. The molecule has 0 bridgehead atoms. The van der Waals surface area contributed by atoms with Crippen LogP contribution in [0, 0.1) is 11.3 Å². The van der Waals surface area contributed by atoms with Crippen molar-refractivity contribution in [3.8, 4) is 23.4 Å². The van der Waals surface area contributed by atoms with Crippen molar-refractivity contribution in [1.82, 2.24) is 4.98 Å². The average Bonchev–Trinajstić information content (AvgIpc) is 2.58. The Morgan fingerprint density at radius 1 is 1.29 bits per heavy atom. The fourth-order valence-corrected chi connectivity index (χ4v) is 2.46. The van der Waals surface area contributed by atoms with E-state index in [9.17, 15) is 4.79 Å². The molecule has 0 aliphatic rings. The van der Waals surface area contributed by atoms with E-state index in [0.29, 0.717) is 29.0 Å². The second-order valence-corrected chi connectivity index (χ2v) is 5.36. The molecule has 0 saturated carbocycles. The highest BCUT2D eigenvalue weighted by Crippen LogP contribution is 2.37. The lowest BCUT2D eigenvalue weighted by atomic mass is 10.2. The second-order valence-electron chi connectivity index (χ2n) is 4.51. The molecule has 0 amide bonds. The lowest BCUT2D eigenvalue weighted by Gasteiger charge is -2.13. The van der Waals surface area contributed by atoms with E-state index in [1.807, 2.05) is 6.07 Å². The molecular weight excluding hydrogens is 376 g/mol. The van der Waals surface area contributed by atoms with Crippen molar-refractivity contribution in [2.45, 2.75) is 13.8 Å². The molecule has 0 saturated heterocycles. The number of ether oxygens (including phenoxy) is 3. The van der Waals surface area contributed by atoms with Gasteiger partial charge in [-0.1, -0.05) is 0 Å². The van der Waals surface area contributed by atoms with E-state index >= 15 is 0 Å². The first-order valence-electron chi connectivity index (χ1n) is 7.27. The van der Waals surface area contributed by atoms with Gasteiger partial charge >= 0.3 is 5.97 Å². The minimum atomic E-state index is -0.627. The maximum absolute atomic E-state index is 12.5. The number of rotatable bonds is 6. The van der Waals surface area contributed by atoms with Crippen LogP contribution in [-0.4, -0.2) is 24.2 Å². The molecule has 0 aliphatic carbocycles. The predicted molar refractivity (Wildman–Crippen MR) is 90.4 cm³/mol. The molecule has 0 fully saturated rings. The highest BCUT2D eigenvalue weighted by Gasteiger charge is 2.20. The third-order valence-electron chi connectivity index (χ3n) is 2.91. The number of esters is 1. The standard InChI is InChI=1S/C17H15BrN2O4/c1-3-22-14-9-11(10-19)8-13(18)15(14)24-17(21)12-6-5-7-20-16(12)23-4-2/h5-9H,3-4H2,1-2H3. The molecular formula is C17H15BrN2O4. The van der Waals surface area contributed by atoms with E-state index in [2.05, 4.69) is 20.9 Å². The fraction of sp³-hybridized carbons (Fsp3) is 0.235. The van der Waals surface area contributed by atoms with Crippen LogP contribution in [0.2, 0.25) is 0 Å². The van der Waals surface area contributed by atoms with E-state index in [1.165, 1.54) is 12.3 Å². The van der Waals surface area contributed by atoms with E-state index in [0.717, 1.165) is 0 Å². The smallest absolute Gasteiger partial charge is 0.349 e. The van der Waals surface area contributed by atoms with Crippen LogP contribution < -0.4 is 14.2 Å². The van der Waals surface area contributed by atoms with Gasteiger partial charge in [-0.3, -0.25) is 0 Å². The molecule has 0 unspecified atom stereocenters. The van der Waals surface area contributed by atoms with Crippen LogP contribution in [-0.2, 0) is 0 Å². The molecule has 0 radical (unpaired) electrons. The van der Waals surface area contributed by atoms with Crippen LogP contribution in [0.15, 0.2) is 34.9 Å². The minimum Gasteiger partial charge on any atom is -0.490 e. The lowest BCUT2D eigenvalue weighted by molar-refractivity contribution is 0.0721. The molecule has 124 valence electrons. The quantitative estimate of drug-likeness (QED) is 0.551. The highest BCUT2D eigenvalue weighted by molar-refractivity contribution is 9.10. The Labute approximate surface area is 148 Å². The maximum Gasteiger partial charge on any atom is 0.349 e. The van der Waals surface area contributed by atoms with Crippen molar-refractivity contribution < 1.29 is 19.0 Å². The summed E-state index contributed by atoms with van der Waals surface area (Å²) in [6, 6.07) is 8.28. The average molecular weight is 391 g/mol. The zero-order valence-electron chi connectivity index (χ0n) is 13.2. The van der Waals surface area contributed by atoms with Gasteiger partial charge in [0.05, 0.1) is 29.3 Å². The molecule has 2 aromatic rings. The Balaban J connectivity index is 2.37. The molecule has 0 atom stereocenters. The van der Waals surface area contributed by atoms with E-state index in [4.69, 9.17) is 19.5 Å². The number of carbonyl (C=O) groups is 1. The van der Waals surface area contributed by atoms with Gasteiger partial charge in [0.1, 0.15) is 5.56 Å². The molecule has 1 aromatic heterocycles. The van der Waals surface area contributed by atoms with Crippen LogP contribution >= 0.6 is 15.9 Å². The highest BCUT2D eigenvalue weighted by atomic mass is 79.9. The summed E-state index contributed by atoms with van der Waals surface area (Å²) in [6.45, 7) is 4.34. The maximum atomic E-state index is 12.5. The Kier molecular flexibility index (Phi) is 6.15. The predicted octanol–water partition coefficient (Wildman–Crippen LogP) is 3.73. The summed E-state index contributed by atoms with van der Waals surface area (Å²) in [5, 5.41) is 9.04. The summed E-state index contributed by atoms with van der Waals surface area (Å²) in [7, 11) is 0. The van der Waals surface area contributed by atoms with Gasteiger partial charge in [-0.05, 0) is 48.0 Å². The number of aromatic nitrogens is 1. The van der Waals surface area contributed by atoms with Crippen LogP contribution in [0.3, 0.4) is 0 Å². The first-order valence-corrected chi connectivity index (χ1v) is 8.06. The topological polar surface area (TPSA) is 81.4 Å². The molecule has 0 aliphatic heterocycles. The van der Waals surface area contributed by atoms with Crippen LogP contribution in [0.4, 0.5) is 0 Å². The number of nitriles is 1. The van der Waals surface area contributed by atoms with E-state index in [1.54, 1.807) is 32.0 Å². The summed E-state index contributed by atoms with van der Waals surface area (Å²) >= 11 is 3.30. The summed E-state index contributed by atoms with van der Waals surface area (Å²) < 4.78 is 16.7. The molecule has 1 heterocycles. The van der Waals surface area contributed by atoms with Crippen LogP contribution in [0.25, 0.3) is 0 Å². The largest absolute Gasteiger partial charge is 0.490 e. The molecule has 2 rings (SSSR count). The van der Waals surface area contributed by atoms with Gasteiger partial charge in [0.2, 0.25) is 5.88 Å². The van der Waals surface area contributed by atoms with E-state index < -0.39 is 5.97 Å². The summed E-state index contributed by atoms with van der Waals surface area (Å²) in [6.07, 6.45) is 1.53. The lowest BCUT2D eigenvalue weighted by Crippen LogP contribution is -2.13. The van der Waals surface area contributed by atoms with Gasteiger partial charge in [-0.2, -0.15) is 5.26 Å². The second kappa shape index (κ2) is 8.31. The zero-order chi connectivity index (χ0) is 17.5. The summed E-state index contributed by atoms with van der Waals surface area (Å²) in [4.78, 5) is 16.5. The van der Waals surface area contributed by atoms with Crippen LogP contribution in [0.5, 0.6) is 17.4 Å². The van der Waals surface area contributed by atoms with Crippen molar-refractivity contribution in [3.05, 3.63) is 46.1 Å². The molecule has 0 N–H and O–H groups in total. The Hall–Kier alpha value is -2.59. The Morgan fingerprint density at radius 3 is 2.71 bits per heavy atom. The SMILES string of the molecule is CCOc1cc(C#N)cc(Br)c1OC(=O)c1cccnc1OCC. The van der Waals surface area contributed by atoms with E-state index in [-0.39, 0.29) is 17.2 Å². The first-order chi connectivity index (χ1) is 11.6. The number of hydrogen-bond acceptors (Lipinski definition) is 6. The molecule has 24 heavy (non-hydrogen) atoms. The number of hydrogen-bond donors (Lipinski definition) is 0. The van der Waals surface area contributed by atoms with Crippen molar-refractivity contribution >= 4 is 21.9 Å². The third-order valence-corrected chi connectivity index (χ3v) is 3.49. The van der Waals surface area contributed by atoms with Gasteiger partial charge < -0.3 is 14.2 Å². The van der Waals surface area contributed by atoms with Crippen molar-refractivity contribution in [2.24, 2.45) is 0 Å². The van der Waals surface area contributed by atoms with Gasteiger partial charge in [-0.15, -0.1) is 0 Å². The number of nitrogens with zero attached hydrogens (tertiary/aromatic N) is 2. The summed E-state index contributed by atoms with van der Waals surface area (Å²) in [5.74, 6) is 0.0800. The van der Waals surface area contributed by atoms with Crippen molar-refractivity contribution in [1.29, 1.82) is 5.26 Å². The molecule has 0 spiro atoms. The van der Waals surface area contributed by atoms with Gasteiger partial charge in [0, 0.05) is 12.3 Å². The number of carbonyl (C=O) groups excluding carboxylic acids is 1. The zero-order valence-corrected chi connectivity index (χ0v) is 14.8. The minimum absolute atomic E-state index is 0.201. The monoisotopic (exact) mass is 390 g/mol. The van der Waals surface area contributed by atoms with Crippen molar-refractivity contribution in [3.63, 3.8) is 0 Å². The van der Waals surface area contributed by atoms with Gasteiger partial charge in [-0.25, -0.2) is 9.78 Å². The summed E-state index contributed by atoms with van der Waals surface area (Å²) in [5.41, 5.74) is 0.597. The van der Waals surface area contributed by atoms with Crippen molar-refractivity contribution in [2.75, 3.05) is 13.2 Å². The van der Waals surface area contributed by atoms with Crippen LogP contribution in [0.1, 0.15) is 29.8 Å². The van der Waals surface area contributed by atoms with Gasteiger partial charge in [0.25, 0.3) is 0 Å². The molecule has 6 nitrogen and oxygen atoms in total. The number of halogens is 1. The normalized spacial score (nSPS) is 9.92. The Morgan fingerprint density at radius 2 is 2.04 bits per heavy atom. The molecule has 1 aromatic carbocycles. The first kappa shape index (κ1) is 17.8. The third kappa shape index (κ3) is 4.03. The Bertz CT molecular complexity index is 787. The number of pyridine rings is 1.